The Balaban J connectivity index is 1.49. The van der Waals surface area contributed by atoms with Crippen LogP contribution in [0, 0.1) is 11.1 Å². The van der Waals surface area contributed by atoms with Crippen LogP contribution in [0.4, 0.5) is 5.82 Å². The molecule has 3 saturated heterocycles. The van der Waals surface area contributed by atoms with Gasteiger partial charge in [-0.3, -0.25) is 5.32 Å². The van der Waals surface area contributed by atoms with Crippen LogP contribution in [0.2, 0.25) is 5.15 Å². The lowest BCUT2D eigenvalue weighted by molar-refractivity contribution is -0.905. The topological polar surface area (TPSA) is 82.5 Å². The van der Waals surface area contributed by atoms with E-state index in [-0.39, 0.29) is 9.80 Å². The lowest BCUT2D eigenvalue weighted by Crippen LogP contribution is -2.67. The number of quaternary nitrogens is 1. The molecule has 5 rings (SSSR count). The van der Waals surface area contributed by atoms with Gasteiger partial charge in [-0.1, -0.05) is 11.6 Å². The normalized spacial score (nSPS) is 36.3. The van der Waals surface area contributed by atoms with Gasteiger partial charge >= 0.3 is 0 Å². The first-order valence-electron chi connectivity index (χ1n) is 7.24. The number of aliphatic imine (C=N–C) groups is 1. The van der Waals surface area contributed by atoms with Crippen molar-refractivity contribution in [3.05, 3.63) is 21.2 Å². The standard InChI is InChI=1S/C13H15BrClN5O2/c14-10-11(15)18-9(5-16-10)19-12-17-6-13(22-12)7-20(21)3-1-8(13)2-4-20/h5,8H,1-4,6-7H2,(H,17,18,19)/t8?,13-,20?/m0/s1. The molecule has 4 aliphatic rings. The average molecular weight is 389 g/mol. The molecular formula is C13H15BrClN5O2. The summed E-state index contributed by atoms with van der Waals surface area (Å²) in [6.45, 7) is 2.41. The van der Waals surface area contributed by atoms with E-state index in [4.69, 9.17) is 16.3 Å². The predicted molar refractivity (Wildman–Crippen MR) is 85.4 cm³/mol. The first-order valence-corrected chi connectivity index (χ1v) is 8.41. The van der Waals surface area contributed by atoms with E-state index in [1.165, 1.54) is 0 Å². The number of fused-ring (bicyclic) bond motifs is 2. The van der Waals surface area contributed by atoms with Crippen molar-refractivity contribution in [1.82, 2.24) is 9.97 Å². The van der Waals surface area contributed by atoms with E-state index in [1.807, 2.05) is 0 Å². The number of halogens is 2. The highest BCUT2D eigenvalue weighted by Crippen LogP contribution is 2.44. The van der Waals surface area contributed by atoms with Crippen LogP contribution < -0.4 is 5.32 Å². The Morgan fingerprint density at radius 2 is 2.23 bits per heavy atom. The monoisotopic (exact) mass is 387 g/mol. The number of aromatic nitrogens is 2. The lowest BCUT2D eigenvalue weighted by Gasteiger charge is -2.58. The van der Waals surface area contributed by atoms with E-state index in [1.54, 1.807) is 6.20 Å². The molecule has 7 nitrogen and oxygen atoms in total. The highest BCUT2D eigenvalue weighted by Gasteiger charge is 2.56. The number of ether oxygens (including phenoxy) is 1. The zero-order valence-corrected chi connectivity index (χ0v) is 14.1. The first-order chi connectivity index (χ1) is 10.5. The van der Waals surface area contributed by atoms with Gasteiger partial charge in [0.2, 0.25) is 0 Å². The number of anilines is 1. The number of nitrogens with zero attached hydrogens (tertiary/aromatic N) is 4. The molecule has 22 heavy (non-hydrogen) atoms. The number of rotatable bonds is 1. The van der Waals surface area contributed by atoms with Gasteiger partial charge in [-0.15, -0.1) is 0 Å². The molecular weight excluding hydrogens is 374 g/mol. The largest absolute Gasteiger partial charge is 0.633 e. The molecule has 1 aromatic rings. The minimum atomic E-state index is -0.451. The number of hydrogen-bond donors (Lipinski definition) is 1. The maximum atomic E-state index is 12.6. The fourth-order valence-electron chi connectivity index (χ4n) is 3.68. The summed E-state index contributed by atoms with van der Waals surface area (Å²) in [7, 11) is 0. The minimum Gasteiger partial charge on any atom is -0.633 e. The summed E-state index contributed by atoms with van der Waals surface area (Å²) < 4.78 is 6.40. The first kappa shape index (κ1) is 14.6. The zero-order chi connectivity index (χ0) is 15.4. The number of nitrogens with one attached hydrogen (secondary N) is 1. The van der Waals surface area contributed by atoms with Crippen molar-refractivity contribution in [3.8, 4) is 0 Å². The van der Waals surface area contributed by atoms with Crippen LogP contribution in [0.1, 0.15) is 12.8 Å². The minimum absolute atomic E-state index is 0.150. The Hall–Kier alpha value is -0.960. The molecule has 1 N–H and O–H groups in total. The molecule has 0 saturated carbocycles. The van der Waals surface area contributed by atoms with Crippen LogP contribution in [-0.4, -0.2) is 52.4 Å². The van der Waals surface area contributed by atoms with E-state index >= 15 is 0 Å². The molecule has 0 radical (unpaired) electrons. The number of hydroxylamine groups is 3. The third-order valence-electron chi connectivity index (χ3n) is 4.78. The molecule has 5 heterocycles. The van der Waals surface area contributed by atoms with Crippen molar-refractivity contribution in [3.63, 3.8) is 0 Å². The lowest BCUT2D eigenvalue weighted by atomic mass is 9.75. The molecule has 3 fully saturated rings. The fourth-order valence-corrected chi connectivity index (χ4v) is 4.01. The van der Waals surface area contributed by atoms with Crippen LogP contribution in [0.3, 0.4) is 0 Å². The molecule has 0 aliphatic carbocycles. The van der Waals surface area contributed by atoms with Crippen LogP contribution >= 0.6 is 27.5 Å². The predicted octanol–water partition coefficient (Wildman–Crippen LogP) is 2.17. The Labute approximate surface area is 141 Å². The highest BCUT2D eigenvalue weighted by atomic mass is 79.9. The van der Waals surface area contributed by atoms with E-state index in [0.29, 0.717) is 48.5 Å². The number of amidine groups is 1. The van der Waals surface area contributed by atoms with Gasteiger partial charge in [-0.2, -0.15) is 0 Å². The van der Waals surface area contributed by atoms with Crippen LogP contribution in [0.25, 0.3) is 0 Å². The zero-order valence-electron chi connectivity index (χ0n) is 11.8. The van der Waals surface area contributed by atoms with Gasteiger partial charge in [-0.05, 0) is 15.9 Å². The smallest absolute Gasteiger partial charge is 0.291 e. The Kier molecular flexibility index (Phi) is 3.34. The highest BCUT2D eigenvalue weighted by molar-refractivity contribution is 9.10. The van der Waals surface area contributed by atoms with Crippen LogP contribution in [0.15, 0.2) is 15.8 Å². The van der Waals surface area contributed by atoms with Crippen molar-refractivity contribution in [2.75, 3.05) is 31.5 Å². The van der Waals surface area contributed by atoms with Gasteiger partial charge in [0.05, 0.1) is 25.8 Å². The summed E-state index contributed by atoms with van der Waals surface area (Å²) in [5.74, 6) is 0.875. The number of hydrogen-bond acceptors (Lipinski definition) is 6. The van der Waals surface area contributed by atoms with Crippen molar-refractivity contribution in [2.45, 2.75) is 18.4 Å². The van der Waals surface area contributed by atoms with Crippen LogP contribution in [0.5, 0.6) is 0 Å². The quantitative estimate of drug-likeness (QED) is 0.589. The molecule has 9 heteroatoms. The third-order valence-corrected chi connectivity index (χ3v) is 5.86. The van der Waals surface area contributed by atoms with Gasteiger partial charge in [0.1, 0.15) is 11.1 Å². The molecule has 4 aliphatic heterocycles. The molecule has 0 aromatic carbocycles. The van der Waals surface area contributed by atoms with E-state index in [0.717, 1.165) is 12.8 Å². The van der Waals surface area contributed by atoms with Gasteiger partial charge in [-0.25, -0.2) is 15.0 Å². The average Bonchev–Trinajstić information content (AvgIpc) is 2.85. The van der Waals surface area contributed by atoms with Crippen LogP contribution in [-0.2, 0) is 4.74 Å². The maximum absolute atomic E-state index is 12.6. The molecule has 0 amide bonds. The van der Waals surface area contributed by atoms with Crippen molar-refractivity contribution in [2.24, 2.45) is 10.9 Å². The van der Waals surface area contributed by atoms with Gasteiger partial charge in [0, 0.05) is 18.8 Å². The Morgan fingerprint density at radius 1 is 1.45 bits per heavy atom. The van der Waals surface area contributed by atoms with Crippen molar-refractivity contribution < 1.29 is 9.38 Å². The van der Waals surface area contributed by atoms with E-state index < -0.39 is 5.60 Å². The second kappa shape index (κ2) is 5.02. The van der Waals surface area contributed by atoms with E-state index in [2.05, 4.69) is 36.2 Å². The fraction of sp³-hybridized carbons (Fsp3) is 0.615. The second-order valence-electron chi connectivity index (χ2n) is 6.19. The molecule has 118 valence electrons. The Morgan fingerprint density at radius 3 is 2.91 bits per heavy atom. The molecule has 1 atom stereocenters. The van der Waals surface area contributed by atoms with Gasteiger partial charge in [0.15, 0.2) is 16.6 Å². The SMILES string of the molecule is [O-][N+]12CCC(CC1)[C@]1(CN=C(Nc3cnc(Br)c(Cl)n3)O1)C2. The summed E-state index contributed by atoms with van der Waals surface area (Å²) in [5, 5.41) is 15.8. The summed E-state index contributed by atoms with van der Waals surface area (Å²) in [4.78, 5) is 12.6. The summed E-state index contributed by atoms with van der Waals surface area (Å²) in [6.07, 6.45) is 3.37. The van der Waals surface area contributed by atoms with Gasteiger partial charge < -0.3 is 14.6 Å². The Bertz CT molecular complexity index is 649. The summed E-state index contributed by atoms with van der Waals surface area (Å²) >= 11 is 9.12. The summed E-state index contributed by atoms with van der Waals surface area (Å²) in [5.41, 5.74) is -0.451. The maximum Gasteiger partial charge on any atom is 0.291 e. The molecule has 0 unspecified atom stereocenters. The van der Waals surface area contributed by atoms with Crippen molar-refractivity contribution >= 4 is 39.4 Å². The second-order valence-corrected chi connectivity index (χ2v) is 7.30. The van der Waals surface area contributed by atoms with Gasteiger partial charge in [0.25, 0.3) is 6.02 Å². The van der Waals surface area contributed by atoms with E-state index in [9.17, 15) is 5.21 Å². The third kappa shape index (κ3) is 2.38. The molecule has 1 spiro atoms. The molecule has 1 aromatic heterocycles. The number of piperidine rings is 3. The summed E-state index contributed by atoms with van der Waals surface area (Å²) in [6, 6.07) is 0.396. The van der Waals surface area contributed by atoms with Crippen molar-refractivity contribution in [1.29, 1.82) is 0 Å². The molecule has 2 bridgehead atoms.